The fourth-order valence-electron chi connectivity index (χ4n) is 10.9. The van der Waals surface area contributed by atoms with Crippen molar-refractivity contribution in [3.8, 4) is 39.1 Å². The molecule has 6 heteroatoms. The van der Waals surface area contributed by atoms with Crippen LogP contribution in [0, 0.1) is 0 Å². The molecule has 0 saturated heterocycles. The highest BCUT2D eigenvalue weighted by Gasteiger charge is 2.41. The van der Waals surface area contributed by atoms with Gasteiger partial charge in [0.2, 0.25) is 0 Å². The van der Waals surface area contributed by atoms with Gasteiger partial charge >= 0.3 is 0 Å². The van der Waals surface area contributed by atoms with Crippen LogP contribution >= 0.6 is 11.7 Å². The summed E-state index contributed by atoms with van der Waals surface area (Å²) in [6.45, 7) is 0. The second-order valence-electron chi connectivity index (χ2n) is 18.2. The number of anilines is 3. The van der Waals surface area contributed by atoms with E-state index in [2.05, 4.69) is 289 Å². The lowest BCUT2D eigenvalue weighted by molar-refractivity contribution is 1.18. The Balaban J connectivity index is 0.876. The fourth-order valence-corrected chi connectivity index (χ4v) is 16.2. The molecule has 13 rings (SSSR count). The summed E-state index contributed by atoms with van der Waals surface area (Å²) >= 11 is 1.26. The van der Waals surface area contributed by atoms with Crippen LogP contribution in [-0.2, 0) is 0 Å². The summed E-state index contributed by atoms with van der Waals surface area (Å²) in [4.78, 5) is 2.32. The van der Waals surface area contributed by atoms with Crippen molar-refractivity contribution in [2.75, 3.05) is 4.90 Å². The number of hydrogen-bond donors (Lipinski definition) is 0. The standard InChI is InChI=1S/C66H46N4SSi/c1-5-17-47(18-6-1)48-29-37-52(38-30-48)69(64-46-45-59(65-66(64)68-71-67-65)51-33-41-54(42-34-51)70-62-27-15-13-25-60(62)61-26-14-16-28-63(61)70)53-39-31-49(32-40-53)50-35-43-58(44-36-50)72(55-19-7-2-8-20-55,56-21-9-3-10-22-56)57-23-11-4-12-24-57/h1-46H. The van der Waals surface area contributed by atoms with Crippen LogP contribution in [0.15, 0.2) is 279 Å². The van der Waals surface area contributed by atoms with Gasteiger partial charge in [0.1, 0.15) is 11.0 Å². The van der Waals surface area contributed by atoms with Gasteiger partial charge in [-0.3, -0.25) is 0 Å². The molecule has 340 valence electrons. The topological polar surface area (TPSA) is 34.0 Å². The molecular formula is C66H46N4SSi. The van der Waals surface area contributed by atoms with Crippen LogP contribution in [0.3, 0.4) is 0 Å². The maximum Gasteiger partial charge on any atom is 0.179 e. The normalized spacial score (nSPS) is 11.6. The minimum absolute atomic E-state index is 0.860. The average Bonchev–Trinajstić information content (AvgIpc) is 4.10. The molecule has 0 fully saturated rings. The molecule has 0 spiro atoms. The van der Waals surface area contributed by atoms with E-state index in [4.69, 9.17) is 8.75 Å². The van der Waals surface area contributed by atoms with Crippen LogP contribution in [0.1, 0.15) is 0 Å². The van der Waals surface area contributed by atoms with Crippen LogP contribution in [0.25, 0.3) is 71.9 Å². The van der Waals surface area contributed by atoms with E-state index in [1.807, 2.05) is 0 Å². The van der Waals surface area contributed by atoms with Gasteiger partial charge in [0, 0.05) is 33.4 Å². The Morgan fingerprint density at radius 1 is 0.319 bits per heavy atom. The summed E-state index contributed by atoms with van der Waals surface area (Å²) in [5.41, 5.74) is 15.1. The summed E-state index contributed by atoms with van der Waals surface area (Å²) in [5, 5.41) is 7.94. The number of fused-ring (bicyclic) bond motifs is 4. The molecule has 0 aliphatic carbocycles. The SMILES string of the molecule is c1ccc(-c2ccc(N(c3ccc(-c4ccc([Si](c5ccccc5)(c5ccccc5)c5ccccc5)cc4)cc3)c3ccc(-c4ccc(-n5c6ccccc6c6ccccc65)cc4)c4nsnc34)cc2)cc1. The van der Waals surface area contributed by atoms with Gasteiger partial charge in [0.25, 0.3) is 0 Å². The molecule has 11 aromatic carbocycles. The van der Waals surface area contributed by atoms with E-state index in [0.717, 1.165) is 56.0 Å². The van der Waals surface area contributed by atoms with Gasteiger partial charge in [-0.2, -0.15) is 8.75 Å². The molecule has 0 saturated carbocycles. The minimum Gasteiger partial charge on any atom is -0.309 e. The second-order valence-corrected chi connectivity index (χ2v) is 22.6. The molecule has 2 heterocycles. The highest BCUT2D eigenvalue weighted by Crippen LogP contribution is 2.43. The zero-order valence-electron chi connectivity index (χ0n) is 39.3. The molecule has 0 unspecified atom stereocenters. The smallest absolute Gasteiger partial charge is 0.179 e. The largest absolute Gasteiger partial charge is 0.309 e. The van der Waals surface area contributed by atoms with Gasteiger partial charge in [-0.1, -0.05) is 218 Å². The molecule has 0 atom stereocenters. The predicted molar refractivity (Wildman–Crippen MR) is 306 cm³/mol. The Hall–Kier alpha value is -8.94. The first kappa shape index (κ1) is 43.1. The van der Waals surface area contributed by atoms with Crippen LogP contribution in [0.4, 0.5) is 17.1 Å². The number of para-hydroxylation sites is 2. The summed E-state index contributed by atoms with van der Waals surface area (Å²) < 4.78 is 12.3. The highest BCUT2D eigenvalue weighted by atomic mass is 32.1. The lowest BCUT2D eigenvalue weighted by atomic mass is 10.0. The molecule has 0 amide bonds. The van der Waals surface area contributed by atoms with E-state index in [0.29, 0.717) is 0 Å². The third kappa shape index (κ3) is 7.44. The van der Waals surface area contributed by atoms with Gasteiger partial charge in [0.15, 0.2) is 8.07 Å². The summed E-state index contributed by atoms with van der Waals surface area (Å²) in [6, 6.07) is 102. The Morgan fingerprint density at radius 2 is 0.708 bits per heavy atom. The first-order chi connectivity index (χ1) is 35.7. The lowest BCUT2D eigenvalue weighted by Gasteiger charge is -2.34. The van der Waals surface area contributed by atoms with Gasteiger partial charge in [-0.25, -0.2) is 0 Å². The van der Waals surface area contributed by atoms with Crippen molar-refractivity contribution < 1.29 is 0 Å². The number of rotatable bonds is 11. The lowest BCUT2D eigenvalue weighted by Crippen LogP contribution is -2.74. The first-order valence-electron chi connectivity index (χ1n) is 24.4. The van der Waals surface area contributed by atoms with Crippen molar-refractivity contribution in [1.29, 1.82) is 0 Å². The quantitative estimate of drug-likeness (QED) is 0.0957. The van der Waals surface area contributed by atoms with Crippen LogP contribution in [-0.4, -0.2) is 21.4 Å². The number of aromatic nitrogens is 3. The number of hydrogen-bond acceptors (Lipinski definition) is 4. The van der Waals surface area contributed by atoms with E-state index in [1.165, 1.54) is 65.4 Å². The Kier molecular flexibility index (Phi) is 11.0. The Morgan fingerprint density at radius 3 is 1.21 bits per heavy atom. The Bertz CT molecular complexity index is 3840. The highest BCUT2D eigenvalue weighted by molar-refractivity contribution is 7.19. The first-order valence-corrected chi connectivity index (χ1v) is 27.1. The summed E-state index contributed by atoms with van der Waals surface area (Å²) in [5.74, 6) is 0. The minimum atomic E-state index is -2.64. The third-order valence-electron chi connectivity index (χ3n) is 14.3. The molecule has 4 nitrogen and oxygen atoms in total. The second kappa shape index (κ2) is 18.4. The molecule has 2 aromatic heterocycles. The molecule has 0 aliphatic rings. The van der Waals surface area contributed by atoms with E-state index < -0.39 is 8.07 Å². The van der Waals surface area contributed by atoms with Gasteiger partial charge in [0.05, 0.1) is 28.4 Å². The molecule has 13 aromatic rings. The van der Waals surface area contributed by atoms with Crippen molar-refractivity contribution in [1.82, 2.24) is 13.3 Å². The van der Waals surface area contributed by atoms with Crippen molar-refractivity contribution >= 4 is 90.5 Å². The predicted octanol–water partition coefficient (Wildman–Crippen LogP) is 14.6. The van der Waals surface area contributed by atoms with E-state index in [1.54, 1.807) is 0 Å². The van der Waals surface area contributed by atoms with Crippen molar-refractivity contribution in [3.05, 3.63) is 279 Å². The zero-order chi connectivity index (χ0) is 47.8. The van der Waals surface area contributed by atoms with Gasteiger partial charge in [-0.05, 0) is 109 Å². The monoisotopic (exact) mass is 954 g/mol. The van der Waals surface area contributed by atoms with Crippen molar-refractivity contribution in [2.45, 2.75) is 0 Å². The molecule has 72 heavy (non-hydrogen) atoms. The third-order valence-corrected chi connectivity index (χ3v) is 19.6. The van der Waals surface area contributed by atoms with Gasteiger partial charge < -0.3 is 9.47 Å². The maximum absolute atomic E-state index is 5.02. The van der Waals surface area contributed by atoms with E-state index in [9.17, 15) is 0 Å². The fraction of sp³-hybridized carbons (Fsp3) is 0. The molecule has 0 bridgehead atoms. The number of nitrogens with zero attached hydrogens (tertiary/aromatic N) is 4. The maximum atomic E-state index is 5.02. The van der Waals surface area contributed by atoms with Crippen LogP contribution in [0.2, 0.25) is 0 Å². The van der Waals surface area contributed by atoms with Crippen LogP contribution in [0.5, 0.6) is 0 Å². The molecule has 0 aliphatic heterocycles. The Labute approximate surface area is 424 Å². The van der Waals surface area contributed by atoms with Crippen molar-refractivity contribution in [2.24, 2.45) is 0 Å². The molecule has 0 radical (unpaired) electrons. The average molecular weight is 955 g/mol. The summed E-state index contributed by atoms with van der Waals surface area (Å²) in [7, 11) is -2.64. The van der Waals surface area contributed by atoms with Crippen LogP contribution < -0.4 is 25.6 Å². The molecule has 0 N–H and O–H groups in total. The van der Waals surface area contributed by atoms with E-state index in [-0.39, 0.29) is 0 Å². The summed E-state index contributed by atoms with van der Waals surface area (Å²) in [6.07, 6.45) is 0. The van der Waals surface area contributed by atoms with E-state index >= 15 is 0 Å². The zero-order valence-corrected chi connectivity index (χ0v) is 41.1. The van der Waals surface area contributed by atoms with Crippen molar-refractivity contribution in [3.63, 3.8) is 0 Å². The number of benzene rings is 11. The van der Waals surface area contributed by atoms with Gasteiger partial charge in [-0.15, -0.1) is 0 Å². The molecular weight excluding hydrogens is 909 g/mol.